The first-order valence-electron chi connectivity index (χ1n) is 5.74. The molecular weight excluding hydrogens is 194 g/mol. The summed E-state index contributed by atoms with van der Waals surface area (Å²) in [5.74, 6) is 0.743. The van der Waals surface area contributed by atoms with Gasteiger partial charge < -0.3 is 9.47 Å². The first kappa shape index (κ1) is 9.75. The molecule has 3 rings (SSSR count). The van der Waals surface area contributed by atoms with E-state index in [2.05, 4.69) is 4.90 Å². The summed E-state index contributed by atoms with van der Waals surface area (Å²) in [6.07, 6.45) is 1.49. The molecule has 0 radical (unpaired) electrons. The van der Waals surface area contributed by atoms with Gasteiger partial charge >= 0.3 is 0 Å². The lowest BCUT2D eigenvalue weighted by Crippen LogP contribution is -2.49. The SMILES string of the molecule is CCO[C@@H]1O[C@H]2CC(=O)[C@H]3C[C@@H]1[C@@H]2N3C. The first-order chi connectivity index (χ1) is 7.22. The Hall–Kier alpha value is -0.450. The van der Waals surface area contributed by atoms with Gasteiger partial charge in [-0.25, -0.2) is 0 Å². The number of rotatable bonds is 2. The molecule has 4 heteroatoms. The van der Waals surface area contributed by atoms with Crippen LogP contribution < -0.4 is 0 Å². The summed E-state index contributed by atoms with van der Waals surface area (Å²) >= 11 is 0. The van der Waals surface area contributed by atoms with Gasteiger partial charge in [0.25, 0.3) is 0 Å². The van der Waals surface area contributed by atoms with Gasteiger partial charge in [0.05, 0.1) is 12.1 Å². The average molecular weight is 211 g/mol. The second-order valence-corrected chi connectivity index (χ2v) is 4.74. The van der Waals surface area contributed by atoms with Crippen molar-refractivity contribution in [2.75, 3.05) is 13.7 Å². The highest BCUT2D eigenvalue weighted by atomic mass is 16.7. The van der Waals surface area contributed by atoms with Crippen molar-refractivity contribution < 1.29 is 14.3 Å². The van der Waals surface area contributed by atoms with Crippen LogP contribution in [-0.2, 0) is 14.3 Å². The molecule has 2 bridgehead atoms. The predicted octanol–water partition coefficient (Wildman–Crippen LogP) is 0.409. The molecule has 84 valence electrons. The molecule has 0 amide bonds. The van der Waals surface area contributed by atoms with E-state index in [9.17, 15) is 4.79 Å². The Kier molecular flexibility index (Phi) is 2.13. The molecular formula is C11H17NO3. The van der Waals surface area contributed by atoms with E-state index in [1.54, 1.807) is 0 Å². The number of nitrogens with zero attached hydrogens (tertiary/aromatic N) is 1. The van der Waals surface area contributed by atoms with E-state index >= 15 is 0 Å². The number of hydrogen-bond donors (Lipinski definition) is 0. The lowest BCUT2D eigenvalue weighted by molar-refractivity contribution is -0.163. The molecule has 0 aliphatic carbocycles. The number of piperidine rings is 1. The number of carbonyl (C=O) groups is 1. The molecule has 0 aromatic rings. The minimum atomic E-state index is -0.0782. The second kappa shape index (κ2) is 3.27. The fraction of sp³-hybridized carbons (Fsp3) is 0.909. The Morgan fingerprint density at radius 1 is 1.60 bits per heavy atom. The number of likely N-dealkylation sites (N-methyl/N-ethyl adjacent to an activating group) is 1. The van der Waals surface area contributed by atoms with Crippen molar-refractivity contribution in [1.82, 2.24) is 4.90 Å². The Morgan fingerprint density at radius 3 is 3.13 bits per heavy atom. The second-order valence-electron chi connectivity index (χ2n) is 4.74. The largest absolute Gasteiger partial charge is 0.353 e. The monoisotopic (exact) mass is 211 g/mol. The van der Waals surface area contributed by atoms with Gasteiger partial charge in [0.15, 0.2) is 12.1 Å². The highest BCUT2D eigenvalue weighted by Gasteiger charge is 2.58. The molecule has 3 saturated heterocycles. The van der Waals surface area contributed by atoms with E-state index in [0.717, 1.165) is 6.42 Å². The van der Waals surface area contributed by atoms with Gasteiger partial charge in [-0.3, -0.25) is 9.69 Å². The summed E-state index contributed by atoms with van der Waals surface area (Å²) in [7, 11) is 2.04. The van der Waals surface area contributed by atoms with Crippen molar-refractivity contribution in [1.29, 1.82) is 0 Å². The Morgan fingerprint density at radius 2 is 2.40 bits per heavy atom. The number of ketones is 1. The van der Waals surface area contributed by atoms with E-state index in [0.29, 0.717) is 30.8 Å². The summed E-state index contributed by atoms with van der Waals surface area (Å²) in [6, 6.07) is 0.535. The van der Waals surface area contributed by atoms with Crippen LogP contribution in [0.5, 0.6) is 0 Å². The smallest absolute Gasteiger partial charge is 0.162 e. The molecule has 0 unspecified atom stereocenters. The minimum Gasteiger partial charge on any atom is -0.353 e. The minimum absolute atomic E-state index is 0.0720. The molecule has 3 heterocycles. The van der Waals surface area contributed by atoms with Crippen LogP contribution in [0, 0.1) is 5.92 Å². The predicted molar refractivity (Wildman–Crippen MR) is 53.4 cm³/mol. The summed E-state index contributed by atoms with van der Waals surface area (Å²) in [6.45, 7) is 2.67. The molecule has 5 atom stereocenters. The number of fused-ring (bicyclic) bond motifs is 1. The lowest BCUT2D eigenvalue weighted by Gasteiger charge is -2.33. The molecule has 0 aromatic heterocycles. The van der Waals surface area contributed by atoms with Crippen molar-refractivity contribution in [2.24, 2.45) is 5.92 Å². The van der Waals surface area contributed by atoms with E-state index in [4.69, 9.17) is 9.47 Å². The number of ether oxygens (including phenoxy) is 2. The third-order valence-corrected chi connectivity index (χ3v) is 4.04. The van der Waals surface area contributed by atoms with Crippen molar-refractivity contribution in [2.45, 2.75) is 44.2 Å². The summed E-state index contributed by atoms with van der Waals surface area (Å²) < 4.78 is 11.4. The van der Waals surface area contributed by atoms with Crippen LogP contribution in [0.1, 0.15) is 19.8 Å². The normalized spacial score (nSPS) is 48.9. The maximum atomic E-state index is 11.8. The van der Waals surface area contributed by atoms with Gasteiger partial charge in [0.2, 0.25) is 0 Å². The lowest BCUT2D eigenvalue weighted by atomic mass is 9.98. The van der Waals surface area contributed by atoms with Crippen LogP contribution in [0.3, 0.4) is 0 Å². The maximum Gasteiger partial charge on any atom is 0.162 e. The fourth-order valence-corrected chi connectivity index (χ4v) is 3.43. The Balaban J connectivity index is 1.86. The zero-order valence-corrected chi connectivity index (χ0v) is 9.18. The molecule has 0 aromatic carbocycles. The topological polar surface area (TPSA) is 38.8 Å². The van der Waals surface area contributed by atoms with Crippen molar-refractivity contribution in [3.63, 3.8) is 0 Å². The molecule has 3 aliphatic rings. The highest BCUT2D eigenvalue weighted by molar-refractivity contribution is 5.86. The molecule has 0 spiro atoms. The Bertz CT molecular complexity index is 294. The van der Waals surface area contributed by atoms with Gasteiger partial charge in [-0.15, -0.1) is 0 Å². The fourth-order valence-electron chi connectivity index (χ4n) is 3.43. The van der Waals surface area contributed by atoms with Gasteiger partial charge in [0.1, 0.15) is 0 Å². The Labute approximate surface area is 89.5 Å². The first-order valence-corrected chi connectivity index (χ1v) is 5.74. The molecule has 15 heavy (non-hydrogen) atoms. The number of carbonyl (C=O) groups excluding carboxylic acids is 1. The average Bonchev–Trinajstić information content (AvgIpc) is 2.62. The van der Waals surface area contributed by atoms with Crippen molar-refractivity contribution >= 4 is 5.78 Å². The summed E-state index contributed by atoms with van der Waals surface area (Å²) in [5, 5.41) is 0. The standard InChI is InChI=1S/C11H17NO3/c1-3-14-11-6-4-7-8(13)5-9(15-11)10(6)12(7)2/h6-7,9-11H,3-5H2,1-2H3/t6-,7-,9+,10+,11-/m1/s1. The molecule has 0 N–H and O–H groups in total. The molecule has 3 aliphatic heterocycles. The quantitative estimate of drug-likeness (QED) is 0.663. The summed E-state index contributed by atoms with van der Waals surface area (Å²) in [4.78, 5) is 13.9. The van der Waals surface area contributed by atoms with Gasteiger partial charge in [-0.2, -0.15) is 0 Å². The maximum absolute atomic E-state index is 11.8. The van der Waals surface area contributed by atoms with Crippen LogP contribution in [0.2, 0.25) is 0 Å². The van der Waals surface area contributed by atoms with Crippen LogP contribution >= 0.6 is 0 Å². The number of hydrogen-bond acceptors (Lipinski definition) is 4. The van der Waals surface area contributed by atoms with Crippen molar-refractivity contribution in [3.05, 3.63) is 0 Å². The van der Waals surface area contributed by atoms with Gasteiger partial charge in [-0.05, 0) is 20.4 Å². The highest BCUT2D eigenvalue weighted by Crippen LogP contribution is 2.46. The van der Waals surface area contributed by atoms with E-state index in [-0.39, 0.29) is 18.4 Å². The van der Waals surface area contributed by atoms with E-state index in [1.807, 2.05) is 14.0 Å². The molecule has 3 fully saturated rings. The van der Waals surface area contributed by atoms with Gasteiger partial charge in [-0.1, -0.05) is 0 Å². The molecule has 4 nitrogen and oxygen atoms in total. The third-order valence-electron chi connectivity index (χ3n) is 4.04. The van der Waals surface area contributed by atoms with Crippen LogP contribution in [0.15, 0.2) is 0 Å². The van der Waals surface area contributed by atoms with Crippen LogP contribution in [-0.4, -0.2) is 48.8 Å². The zero-order valence-electron chi connectivity index (χ0n) is 9.18. The zero-order chi connectivity index (χ0) is 10.6. The van der Waals surface area contributed by atoms with Gasteiger partial charge in [0, 0.05) is 25.0 Å². The van der Waals surface area contributed by atoms with Crippen LogP contribution in [0.4, 0.5) is 0 Å². The number of Topliss-reactive ketones (excluding diaryl/α,β-unsaturated/α-hetero) is 1. The van der Waals surface area contributed by atoms with E-state index in [1.165, 1.54) is 0 Å². The third kappa shape index (κ3) is 1.22. The van der Waals surface area contributed by atoms with E-state index < -0.39 is 0 Å². The summed E-state index contributed by atoms with van der Waals surface area (Å²) in [5.41, 5.74) is 0. The molecule has 0 saturated carbocycles. The van der Waals surface area contributed by atoms with Crippen molar-refractivity contribution in [3.8, 4) is 0 Å². The van der Waals surface area contributed by atoms with Crippen LogP contribution in [0.25, 0.3) is 0 Å².